The molecule has 0 saturated heterocycles. The number of hydrogen-bond donors (Lipinski definition) is 1. The fourth-order valence-corrected chi connectivity index (χ4v) is 2.89. The number of H-pyrrole nitrogens is 1. The number of nitrogens with one attached hydrogen (secondary N) is 1. The lowest BCUT2D eigenvalue weighted by Crippen LogP contribution is -1.79. The molecule has 16 heavy (non-hydrogen) atoms. The van der Waals surface area contributed by atoms with Gasteiger partial charge in [-0.15, -0.1) is 11.3 Å². The zero-order valence-corrected chi connectivity index (χ0v) is 10.1. The van der Waals surface area contributed by atoms with Crippen molar-refractivity contribution in [3.05, 3.63) is 47.3 Å². The first kappa shape index (κ1) is 9.75. The molecule has 3 heteroatoms. The van der Waals surface area contributed by atoms with Gasteiger partial charge >= 0.3 is 0 Å². The molecule has 0 aliphatic heterocycles. The average molecular weight is 243 g/mol. The molecule has 0 amide bonds. The predicted molar refractivity (Wildman–Crippen MR) is 74.4 cm³/mol. The van der Waals surface area contributed by atoms with Gasteiger partial charge in [0.1, 0.15) is 0 Å². The van der Waals surface area contributed by atoms with Crippen molar-refractivity contribution in [2.75, 3.05) is 0 Å². The van der Waals surface area contributed by atoms with Crippen LogP contribution in [0.15, 0.2) is 41.8 Å². The molecule has 0 fully saturated rings. The number of rotatable bonds is 2. The molecule has 0 aliphatic rings. The van der Waals surface area contributed by atoms with Gasteiger partial charge in [0.25, 0.3) is 0 Å². The van der Waals surface area contributed by atoms with Crippen molar-refractivity contribution in [1.82, 2.24) is 4.98 Å². The van der Waals surface area contributed by atoms with Gasteiger partial charge in [-0.3, -0.25) is 0 Å². The van der Waals surface area contributed by atoms with E-state index in [1.54, 1.807) is 16.7 Å². The highest BCUT2D eigenvalue weighted by atomic mass is 32.1. The smallest absolute Gasteiger partial charge is 0.0648 e. The van der Waals surface area contributed by atoms with E-state index in [0.29, 0.717) is 0 Å². The third-order valence-corrected chi connectivity index (χ3v) is 3.75. The fraction of sp³-hybridized carbons (Fsp3) is 0. The van der Waals surface area contributed by atoms with Crippen LogP contribution < -0.4 is 0 Å². The second kappa shape index (κ2) is 3.85. The van der Waals surface area contributed by atoms with Crippen LogP contribution in [0.4, 0.5) is 0 Å². The number of thiophene rings is 1. The molecule has 2 aromatic heterocycles. The van der Waals surface area contributed by atoms with Crippen molar-refractivity contribution in [3.63, 3.8) is 0 Å². The molecule has 0 atom stereocenters. The Balaban J connectivity index is 2.37. The predicted octanol–water partition coefficient (Wildman–Crippen LogP) is 4.24. The third-order valence-electron chi connectivity index (χ3n) is 2.63. The summed E-state index contributed by atoms with van der Waals surface area (Å²) < 4.78 is 0. The van der Waals surface area contributed by atoms with E-state index in [4.69, 9.17) is 12.2 Å². The first-order chi connectivity index (χ1) is 7.90. The van der Waals surface area contributed by atoms with E-state index in [9.17, 15) is 0 Å². The van der Waals surface area contributed by atoms with Crippen LogP contribution in [0.5, 0.6) is 0 Å². The lowest BCUT2D eigenvalue weighted by molar-refractivity contribution is 1.48. The molecule has 3 aromatic rings. The summed E-state index contributed by atoms with van der Waals surface area (Å²) in [4.78, 5) is 4.66. The van der Waals surface area contributed by atoms with Crippen LogP contribution in [0.2, 0.25) is 0 Å². The summed E-state index contributed by atoms with van der Waals surface area (Å²) in [6.45, 7) is 0. The van der Waals surface area contributed by atoms with Crippen molar-refractivity contribution in [2.24, 2.45) is 0 Å². The number of aromatic amines is 1. The molecule has 2 heterocycles. The maximum absolute atomic E-state index is 5.12. The Labute approximate surface area is 103 Å². The summed E-state index contributed by atoms with van der Waals surface area (Å²) in [5.74, 6) is 0. The Morgan fingerprint density at radius 3 is 2.75 bits per heavy atom. The Morgan fingerprint density at radius 2 is 2.00 bits per heavy atom. The van der Waals surface area contributed by atoms with Crippen LogP contribution in [0.3, 0.4) is 0 Å². The Morgan fingerprint density at radius 1 is 1.12 bits per heavy atom. The molecule has 1 nitrogen and oxygen atoms in total. The third kappa shape index (κ3) is 1.40. The monoisotopic (exact) mass is 243 g/mol. The number of para-hydroxylation sites is 1. The van der Waals surface area contributed by atoms with E-state index in [0.717, 1.165) is 16.8 Å². The van der Waals surface area contributed by atoms with E-state index >= 15 is 0 Å². The topological polar surface area (TPSA) is 15.8 Å². The zero-order valence-electron chi connectivity index (χ0n) is 8.44. The molecular weight excluding hydrogens is 234 g/mol. The van der Waals surface area contributed by atoms with Crippen LogP contribution in [0, 0.1) is 0 Å². The largest absolute Gasteiger partial charge is 0.353 e. The van der Waals surface area contributed by atoms with Crippen LogP contribution in [0.1, 0.15) is 5.56 Å². The minimum atomic E-state index is 1.12. The summed E-state index contributed by atoms with van der Waals surface area (Å²) in [5, 5.41) is 5.03. The molecular formula is C13H9NS2. The molecule has 1 aromatic carbocycles. The molecule has 0 spiro atoms. The molecule has 1 N–H and O–H groups in total. The summed E-state index contributed by atoms with van der Waals surface area (Å²) in [7, 11) is 0. The molecule has 0 aliphatic carbocycles. The fourth-order valence-electron chi connectivity index (χ4n) is 1.90. The Hall–Kier alpha value is -1.45. The minimum Gasteiger partial charge on any atom is -0.353 e. The first-order valence-electron chi connectivity index (χ1n) is 5.00. The molecule has 0 saturated carbocycles. The van der Waals surface area contributed by atoms with E-state index in [1.807, 2.05) is 12.1 Å². The second-order valence-electron chi connectivity index (χ2n) is 3.55. The highest BCUT2D eigenvalue weighted by Gasteiger charge is 2.10. The van der Waals surface area contributed by atoms with Crippen molar-refractivity contribution < 1.29 is 0 Å². The van der Waals surface area contributed by atoms with Gasteiger partial charge in [0.05, 0.1) is 10.6 Å². The second-order valence-corrected chi connectivity index (χ2v) is 4.74. The quantitative estimate of drug-likeness (QED) is 0.665. The summed E-state index contributed by atoms with van der Waals surface area (Å²) in [6, 6.07) is 12.4. The minimum absolute atomic E-state index is 1.12. The molecule has 0 radical (unpaired) electrons. The van der Waals surface area contributed by atoms with Gasteiger partial charge in [-0.2, -0.15) is 0 Å². The molecule has 0 bridgehead atoms. The average Bonchev–Trinajstić information content (AvgIpc) is 2.95. The Kier molecular flexibility index (Phi) is 2.35. The molecule has 0 unspecified atom stereocenters. The van der Waals surface area contributed by atoms with Gasteiger partial charge in [-0.25, -0.2) is 0 Å². The standard InChI is InChI=1S/C13H9NS2/c15-8-10-9-4-1-2-5-11(9)14-13(10)12-6-3-7-16-12/h1-8,14H. The normalized spacial score (nSPS) is 10.8. The van der Waals surface area contributed by atoms with Crippen molar-refractivity contribution in [1.29, 1.82) is 0 Å². The van der Waals surface area contributed by atoms with Crippen molar-refractivity contribution in [3.8, 4) is 10.6 Å². The highest BCUT2D eigenvalue weighted by Crippen LogP contribution is 2.31. The SMILES string of the molecule is S=Cc1c(-c2cccs2)[nH]c2ccccc12. The lowest BCUT2D eigenvalue weighted by atomic mass is 10.1. The van der Waals surface area contributed by atoms with Crippen LogP contribution in [-0.2, 0) is 0 Å². The lowest BCUT2D eigenvalue weighted by Gasteiger charge is -1.94. The van der Waals surface area contributed by atoms with E-state index in [2.05, 4.69) is 34.6 Å². The van der Waals surface area contributed by atoms with Gasteiger partial charge in [0.15, 0.2) is 0 Å². The van der Waals surface area contributed by atoms with Crippen molar-refractivity contribution in [2.45, 2.75) is 0 Å². The van der Waals surface area contributed by atoms with Crippen LogP contribution in [-0.4, -0.2) is 10.4 Å². The molecule has 78 valence electrons. The summed E-state index contributed by atoms with van der Waals surface area (Å²) in [5.41, 5.74) is 3.39. The summed E-state index contributed by atoms with van der Waals surface area (Å²) in [6.07, 6.45) is 0. The number of thiocarbonyl (C=S) groups is 1. The number of aromatic nitrogens is 1. The maximum Gasteiger partial charge on any atom is 0.0648 e. The highest BCUT2D eigenvalue weighted by molar-refractivity contribution is 7.79. The Bertz CT molecular complexity index is 635. The summed E-state index contributed by atoms with van der Waals surface area (Å²) >= 11 is 6.84. The van der Waals surface area contributed by atoms with Gasteiger partial charge < -0.3 is 4.98 Å². The first-order valence-corrected chi connectivity index (χ1v) is 6.35. The number of benzene rings is 1. The van der Waals surface area contributed by atoms with E-state index in [1.165, 1.54) is 10.3 Å². The number of fused-ring (bicyclic) bond motifs is 1. The number of hydrogen-bond acceptors (Lipinski definition) is 2. The maximum atomic E-state index is 5.12. The van der Waals surface area contributed by atoms with E-state index < -0.39 is 0 Å². The van der Waals surface area contributed by atoms with Gasteiger partial charge in [0, 0.05) is 21.8 Å². The molecule has 3 rings (SSSR count). The van der Waals surface area contributed by atoms with Crippen LogP contribution in [0.25, 0.3) is 21.5 Å². The van der Waals surface area contributed by atoms with Gasteiger partial charge in [-0.05, 0) is 17.5 Å². The zero-order chi connectivity index (χ0) is 11.0. The van der Waals surface area contributed by atoms with Gasteiger partial charge in [-0.1, -0.05) is 36.5 Å². The van der Waals surface area contributed by atoms with Crippen molar-refractivity contribution >= 4 is 39.8 Å². The van der Waals surface area contributed by atoms with Gasteiger partial charge in [0.2, 0.25) is 0 Å². The van der Waals surface area contributed by atoms with Crippen LogP contribution >= 0.6 is 23.6 Å². The van der Waals surface area contributed by atoms with E-state index in [-0.39, 0.29) is 0 Å².